The minimum Gasteiger partial charge on any atom is -0.480 e. The highest BCUT2D eigenvalue weighted by Crippen LogP contribution is 2.22. The molecular formula is C18H20BrNO2. The van der Waals surface area contributed by atoms with Gasteiger partial charge in [0, 0.05) is 10.2 Å². The Labute approximate surface area is 139 Å². The molecule has 0 saturated carbocycles. The summed E-state index contributed by atoms with van der Waals surface area (Å²) < 4.78 is 6.84. The third-order valence-corrected chi connectivity index (χ3v) is 3.86. The van der Waals surface area contributed by atoms with E-state index in [0.717, 1.165) is 27.0 Å². The lowest BCUT2D eigenvalue weighted by molar-refractivity contribution is -0.122. The van der Waals surface area contributed by atoms with Crippen molar-refractivity contribution in [3.63, 3.8) is 0 Å². The molecule has 1 atom stereocenters. The van der Waals surface area contributed by atoms with E-state index in [1.165, 1.54) is 0 Å². The number of halogens is 1. The van der Waals surface area contributed by atoms with Gasteiger partial charge >= 0.3 is 0 Å². The molecule has 0 aromatic heterocycles. The number of amides is 1. The Morgan fingerprint density at radius 3 is 2.68 bits per heavy atom. The van der Waals surface area contributed by atoms with Crippen LogP contribution in [0.15, 0.2) is 46.9 Å². The van der Waals surface area contributed by atoms with Crippen LogP contribution in [0.25, 0.3) is 0 Å². The van der Waals surface area contributed by atoms with Gasteiger partial charge in [0.15, 0.2) is 6.10 Å². The molecule has 0 saturated heterocycles. The van der Waals surface area contributed by atoms with Crippen LogP contribution in [0.2, 0.25) is 0 Å². The number of nitrogens with one attached hydrogen (secondary N) is 1. The molecule has 2 aromatic carbocycles. The van der Waals surface area contributed by atoms with Crippen LogP contribution in [-0.2, 0) is 4.79 Å². The first-order valence-corrected chi connectivity index (χ1v) is 8.09. The Balaban J connectivity index is 2.10. The highest BCUT2D eigenvalue weighted by Gasteiger charge is 2.19. The summed E-state index contributed by atoms with van der Waals surface area (Å²) in [5.41, 5.74) is 2.89. The normalized spacial score (nSPS) is 11.8. The number of benzene rings is 2. The summed E-state index contributed by atoms with van der Waals surface area (Å²) >= 11 is 3.39. The minimum absolute atomic E-state index is 0.137. The summed E-state index contributed by atoms with van der Waals surface area (Å²) in [7, 11) is 0. The Morgan fingerprint density at radius 2 is 2.00 bits per heavy atom. The van der Waals surface area contributed by atoms with Crippen LogP contribution in [0.3, 0.4) is 0 Å². The van der Waals surface area contributed by atoms with Gasteiger partial charge in [-0.05, 0) is 55.7 Å². The average molecular weight is 362 g/mol. The van der Waals surface area contributed by atoms with Crippen molar-refractivity contribution in [2.24, 2.45) is 0 Å². The van der Waals surface area contributed by atoms with Gasteiger partial charge in [0.2, 0.25) is 0 Å². The molecule has 4 heteroatoms. The fraction of sp³-hybridized carbons (Fsp3) is 0.278. The number of aryl methyl sites for hydroxylation is 2. The Hall–Kier alpha value is -1.81. The van der Waals surface area contributed by atoms with Crippen molar-refractivity contribution in [3.05, 3.63) is 58.1 Å². The molecule has 0 unspecified atom stereocenters. The van der Waals surface area contributed by atoms with Crippen molar-refractivity contribution in [2.75, 3.05) is 5.32 Å². The SMILES string of the molecule is CC[C@@H](Oc1cc(C)ccc1C)C(=O)Nc1cccc(Br)c1. The lowest BCUT2D eigenvalue weighted by Gasteiger charge is -2.19. The van der Waals surface area contributed by atoms with E-state index in [2.05, 4.69) is 21.2 Å². The second kappa shape index (κ2) is 7.45. The van der Waals surface area contributed by atoms with Crippen LogP contribution in [0.4, 0.5) is 5.69 Å². The number of ether oxygens (including phenoxy) is 1. The monoisotopic (exact) mass is 361 g/mol. The third-order valence-electron chi connectivity index (χ3n) is 3.37. The third kappa shape index (κ3) is 4.34. The smallest absolute Gasteiger partial charge is 0.265 e. The minimum atomic E-state index is -0.514. The maximum Gasteiger partial charge on any atom is 0.265 e. The van der Waals surface area contributed by atoms with Crippen molar-refractivity contribution in [1.82, 2.24) is 0 Å². The van der Waals surface area contributed by atoms with Gasteiger partial charge in [-0.25, -0.2) is 0 Å². The maximum absolute atomic E-state index is 12.4. The lowest BCUT2D eigenvalue weighted by Crippen LogP contribution is -2.32. The molecule has 1 amide bonds. The Bertz CT molecular complexity index is 670. The topological polar surface area (TPSA) is 38.3 Å². The van der Waals surface area contributed by atoms with E-state index in [1.54, 1.807) is 0 Å². The fourth-order valence-corrected chi connectivity index (χ4v) is 2.50. The molecule has 22 heavy (non-hydrogen) atoms. The molecule has 0 spiro atoms. The first-order chi connectivity index (χ1) is 10.5. The zero-order chi connectivity index (χ0) is 16.1. The van der Waals surface area contributed by atoms with Gasteiger partial charge in [0.25, 0.3) is 5.91 Å². The maximum atomic E-state index is 12.4. The molecule has 0 aliphatic carbocycles. The van der Waals surface area contributed by atoms with Gasteiger partial charge in [0.05, 0.1) is 0 Å². The van der Waals surface area contributed by atoms with E-state index in [4.69, 9.17) is 4.74 Å². The van der Waals surface area contributed by atoms with Gasteiger partial charge < -0.3 is 10.1 Å². The predicted molar refractivity (Wildman–Crippen MR) is 93.4 cm³/mol. The van der Waals surface area contributed by atoms with Crippen LogP contribution >= 0.6 is 15.9 Å². The molecule has 0 bridgehead atoms. The molecule has 2 aromatic rings. The molecule has 2 rings (SSSR count). The zero-order valence-corrected chi connectivity index (χ0v) is 14.6. The summed E-state index contributed by atoms with van der Waals surface area (Å²) in [6, 6.07) is 13.5. The number of carbonyl (C=O) groups is 1. The number of hydrogen-bond donors (Lipinski definition) is 1. The van der Waals surface area contributed by atoms with Crippen molar-refractivity contribution in [2.45, 2.75) is 33.3 Å². The summed E-state index contributed by atoms with van der Waals surface area (Å²) in [5, 5.41) is 2.89. The summed E-state index contributed by atoms with van der Waals surface area (Å²) in [6.45, 7) is 5.93. The molecule has 0 radical (unpaired) electrons. The van der Waals surface area contributed by atoms with E-state index >= 15 is 0 Å². The van der Waals surface area contributed by atoms with Crippen LogP contribution in [0.1, 0.15) is 24.5 Å². The van der Waals surface area contributed by atoms with Crippen LogP contribution in [0.5, 0.6) is 5.75 Å². The van der Waals surface area contributed by atoms with E-state index in [-0.39, 0.29) is 5.91 Å². The summed E-state index contributed by atoms with van der Waals surface area (Å²) in [5.74, 6) is 0.623. The molecule has 0 heterocycles. The van der Waals surface area contributed by atoms with Crippen molar-refractivity contribution in [3.8, 4) is 5.75 Å². The standard InChI is InChI=1S/C18H20BrNO2/c1-4-16(22-17-10-12(2)8-9-13(17)3)18(21)20-15-7-5-6-14(19)11-15/h5-11,16H,4H2,1-3H3,(H,20,21)/t16-/m1/s1. The second-order valence-corrected chi connectivity index (χ2v) is 6.20. The molecule has 0 fully saturated rings. The van der Waals surface area contributed by atoms with E-state index in [0.29, 0.717) is 6.42 Å². The predicted octanol–water partition coefficient (Wildman–Crippen LogP) is 4.86. The first-order valence-electron chi connectivity index (χ1n) is 7.30. The van der Waals surface area contributed by atoms with Crippen molar-refractivity contribution < 1.29 is 9.53 Å². The number of carbonyl (C=O) groups excluding carboxylic acids is 1. The molecule has 0 aliphatic rings. The lowest BCUT2D eigenvalue weighted by atomic mass is 10.1. The quantitative estimate of drug-likeness (QED) is 0.825. The first kappa shape index (κ1) is 16.6. The second-order valence-electron chi connectivity index (χ2n) is 5.28. The van der Waals surface area contributed by atoms with Crippen molar-refractivity contribution in [1.29, 1.82) is 0 Å². The highest BCUT2D eigenvalue weighted by molar-refractivity contribution is 9.10. The van der Waals surface area contributed by atoms with Gasteiger partial charge in [-0.3, -0.25) is 4.79 Å². The summed E-state index contributed by atoms with van der Waals surface area (Å²) in [6.07, 6.45) is 0.0900. The van der Waals surface area contributed by atoms with Gasteiger partial charge in [0.1, 0.15) is 5.75 Å². The zero-order valence-electron chi connectivity index (χ0n) is 13.0. The number of hydrogen-bond acceptors (Lipinski definition) is 2. The van der Waals surface area contributed by atoms with Crippen LogP contribution in [-0.4, -0.2) is 12.0 Å². The molecule has 0 aliphatic heterocycles. The van der Waals surface area contributed by atoms with Crippen molar-refractivity contribution >= 4 is 27.5 Å². The molecular weight excluding hydrogens is 342 g/mol. The Morgan fingerprint density at radius 1 is 1.23 bits per heavy atom. The average Bonchev–Trinajstić information content (AvgIpc) is 2.48. The van der Waals surface area contributed by atoms with Gasteiger partial charge in [-0.1, -0.05) is 41.1 Å². The van der Waals surface area contributed by atoms with Crippen LogP contribution < -0.4 is 10.1 Å². The highest BCUT2D eigenvalue weighted by atomic mass is 79.9. The number of rotatable bonds is 5. The van der Waals surface area contributed by atoms with Gasteiger partial charge in [-0.2, -0.15) is 0 Å². The van der Waals surface area contributed by atoms with E-state index < -0.39 is 6.10 Å². The molecule has 3 nitrogen and oxygen atoms in total. The van der Waals surface area contributed by atoms with Crippen LogP contribution in [0, 0.1) is 13.8 Å². The fourth-order valence-electron chi connectivity index (χ4n) is 2.10. The van der Waals surface area contributed by atoms with Gasteiger partial charge in [-0.15, -0.1) is 0 Å². The van der Waals surface area contributed by atoms with E-state index in [1.807, 2.05) is 63.2 Å². The molecule has 116 valence electrons. The Kier molecular flexibility index (Phi) is 5.61. The van der Waals surface area contributed by atoms with E-state index in [9.17, 15) is 4.79 Å². The number of anilines is 1. The largest absolute Gasteiger partial charge is 0.480 e. The molecule has 1 N–H and O–H groups in total. The summed E-state index contributed by atoms with van der Waals surface area (Å²) in [4.78, 5) is 12.4.